The summed E-state index contributed by atoms with van der Waals surface area (Å²) in [7, 11) is 0. The van der Waals surface area contributed by atoms with E-state index < -0.39 is 0 Å². The lowest BCUT2D eigenvalue weighted by atomic mass is 9.94. The summed E-state index contributed by atoms with van der Waals surface area (Å²) in [4.78, 5) is 0. The van der Waals surface area contributed by atoms with Gasteiger partial charge in [-0.1, -0.05) is 45.2 Å². The van der Waals surface area contributed by atoms with E-state index in [9.17, 15) is 0 Å². The predicted octanol–water partition coefficient (Wildman–Crippen LogP) is 4.24. The third-order valence-electron chi connectivity index (χ3n) is 4.07. The van der Waals surface area contributed by atoms with Gasteiger partial charge in [-0.05, 0) is 42.9 Å². The van der Waals surface area contributed by atoms with Crippen LogP contribution in [0.5, 0.6) is 5.75 Å². The van der Waals surface area contributed by atoms with Crippen molar-refractivity contribution < 1.29 is 4.74 Å². The highest BCUT2D eigenvalue weighted by Gasteiger charge is 2.21. The van der Waals surface area contributed by atoms with E-state index in [0.29, 0.717) is 5.92 Å². The van der Waals surface area contributed by atoms with Gasteiger partial charge in [0.15, 0.2) is 0 Å². The molecular weight excluding hydrogens is 234 g/mol. The van der Waals surface area contributed by atoms with Crippen LogP contribution in [0.4, 0.5) is 0 Å². The second-order valence-corrected chi connectivity index (χ2v) is 6.04. The van der Waals surface area contributed by atoms with Crippen molar-refractivity contribution in [3.05, 3.63) is 29.8 Å². The topological polar surface area (TPSA) is 35.2 Å². The molecule has 2 atom stereocenters. The molecule has 19 heavy (non-hydrogen) atoms. The fourth-order valence-electron chi connectivity index (χ4n) is 2.75. The maximum atomic E-state index is 6.27. The van der Waals surface area contributed by atoms with Crippen LogP contribution in [0.2, 0.25) is 0 Å². The molecule has 1 aromatic rings. The molecule has 0 heterocycles. The number of hydrogen-bond donors (Lipinski definition) is 1. The fraction of sp³-hybridized carbons (Fsp3) is 0.647. The molecular formula is C17H27NO. The predicted molar refractivity (Wildman–Crippen MR) is 80.6 cm³/mol. The van der Waals surface area contributed by atoms with Crippen LogP contribution in [0.25, 0.3) is 0 Å². The molecule has 2 N–H and O–H groups in total. The highest BCUT2D eigenvalue weighted by Crippen LogP contribution is 2.24. The zero-order valence-corrected chi connectivity index (χ0v) is 12.3. The van der Waals surface area contributed by atoms with Crippen molar-refractivity contribution >= 4 is 0 Å². The van der Waals surface area contributed by atoms with E-state index in [0.717, 1.165) is 18.6 Å². The maximum absolute atomic E-state index is 6.27. The van der Waals surface area contributed by atoms with Gasteiger partial charge in [0.1, 0.15) is 11.9 Å². The van der Waals surface area contributed by atoms with Gasteiger partial charge < -0.3 is 10.5 Å². The van der Waals surface area contributed by atoms with Gasteiger partial charge in [-0.15, -0.1) is 0 Å². The molecule has 2 rings (SSSR count). The van der Waals surface area contributed by atoms with Crippen LogP contribution in [0.1, 0.15) is 63.9 Å². The molecule has 0 bridgehead atoms. The van der Waals surface area contributed by atoms with E-state index in [-0.39, 0.29) is 12.1 Å². The Balaban J connectivity index is 2.03. The van der Waals surface area contributed by atoms with Crippen molar-refractivity contribution in [1.82, 2.24) is 0 Å². The fourth-order valence-corrected chi connectivity index (χ4v) is 2.75. The minimum Gasteiger partial charge on any atom is -0.489 e. The number of benzene rings is 1. The first-order valence-electron chi connectivity index (χ1n) is 7.69. The van der Waals surface area contributed by atoms with Crippen LogP contribution in [-0.2, 0) is 0 Å². The van der Waals surface area contributed by atoms with Crippen molar-refractivity contribution in [2.45, 2.75) is 70.4 Å². The lowest BCUT2D eigenvalue weighted by Crippen LogP contribution is -2.39. The molecule has 0 saturated heterocycles. The van der Waals surface area contributed by atoms with Crippen LogP contribution in [0, 0.1) is 0 Å². The molecule has 2 heteroatoms. The Morgan fingerprint density at radius 3 is 2.58 bits per heavy atom. The maximum Gasteiger partial charge on any atom is 0.120 e. The van der Waals surface area contributed by atoms with E-state index in [2.05, 4.69) is 38.1 Å². The van der Waals surface area contributed by atoms with Gasteiger partial charge in [0.05, 0.1) is 0 Å². The van der Waals surface area contributed by atoms with Crippen molar-refractivity contribution in [3.63, 3.8) is 0 Å². The first kappa shape index (κ1) is 14.4. The Morgan fingerprint density at radius 1 is 1.11 bits per heavy atom. The van der Waals surface area contributed by atoms with E-state index in [1.807, 2.05) is 0 Å². The molecule has 0 aromatic heterocycles. The van der Waals surface area contributed by atoms with Gasteiger partial charge in [-0.3, -0.25) is 0 Å². The third-order valence-corrected chi connectivity index (χ3v) is 4.07. The number of nitrogens with two attached hydrogens (primary N) is 1. The standard InChI is InChI=1S/C17H27NO/c1-13(2)14-8-7-9-15(12-14)19-17-11-6-4-3-5-10-16(17)18/h7-9,12-13,16-17H,3-6,10-11,18H2,1-2H3. The first-order valence-corrected chi connectivity index (χ1v) is 7.69. The molecule has 0 aliphatic heterocycles. The smallest absolute Gasteiger partial charge is 0.120 e. The first-order chi connectivity index (χ1) is 9.16. The summed E-state index contributed by atoms with van der Waals surface area (Å²) in [6, 6.07) is 8.64. The van der Waals surface area contributed by atoms with E-state index in [1.165, 1.54) is 31.2 Å². The Morgan fingerprint density at radius 2 is 1.84 bits per heavy atom. The summed E-state index contributed by atoms with van der Waals surface area (Å²) < 4.78 is 6.17. The molecule has 1 aliphatic carbocycles. The molecule has 2 unspecified atom stereocenters. The van der Waals surface area contributed by atoms with Crippen LogP contribution in [-0.4, -0.2) is 12.1 Å². The molecule has 1 aliphatic rings. The highest BCUT2D eigenvalue weighted by molar-refractivity contribution is 5.30. The number of ether oxygens (including phenoxy) is 1. The summed E-state index contributed by atoms with van der Waals surface area (Å²) in [5, 5.41) is 0. The van der Waals surface area contributed by atoms with Crippen LogP contribution in [0.15, 0.2) is 24.3 Å². The summed E-state index contributed by atoms with van der Waals surface area (Å²) in [5.74, 6) is 1.52. The average Bonchev–Trinajstić information content (AvgIpc) is 2.39. The molecule has 2 nitrogen and oxygen atoms in total. The molecule has 1 aromatic carbocycles. The second kappa shape index (κ2) is 6.95. The quantitative estimate of drug-likeness (QED) is 0.883. The summed E-state index contributed by atoms with van der Waals surface area (Å²) in [6.45, 7) is 4.42. The lowest BCUT2D eigenvalue weighted by molar-refractivity contribution is 0.145. The molecule has 1 fully saturated rings. The van der Waals surface area contributed by atoms with Gasteiger partial charge in [0.2, 0.25) is 0 Å². The molecule has 106 valence electrons. The van der Waals surface area contributed by atoms with Gasteiger partial charge in [0, 0.05) is 6.04 Å². The van der Waals surface area contributed by atoms with Crippen molar-refractivity contribution in [2.24, 2.45) is 5.73 Å². The van der Waals surface area contributed by atoms with E-state index >= 15 is 0 Å². The second-order valence-electron chi connectivity index (χ2n) is 6.04. The zero-order chi connectivity index (χ0) is 13.7. The Hall–Kier alpha value is -1.02. The summed E-state index contributed by atoms with van der Waals surface area (Å²) in [6.07, 6.45) is 7.49. The minimum absolute atomic E-state index is 0.183. The molecule has 0 radical (unpaired) electrons. The van der Waals surface area contributed by atoms with Crippen LogP contribution >= 0.6 is 0 Å². The molecule has 0 amide bonds. The van der Waals surface area contributed by atoms with E-state index in [1.54, 1.807) is 0 Å². The van der Waals surface area contributed by atoms with Gasteiger partial charge >= 0.3 is 0 Å². The Bertz CT molecular complexity index is 389. The van der Waals surface area contributed by atoms with Crippen molar-refractivity contribution in [2.75, 3.05) is 0 Å². The summed E-state index contributed by atoms with van der Waals surface area (Å²) in [5.41, 5.74) is 7.60. The SMILES string of the molecule is CC(C)c1cccc(OC2CCCCCCC2N)c1. The van der Waals surface area contributed by atoms with Crippen molar-refractivity contribution in [1.29, 1.82) is 0 Å². The third kappa shape index (κ3) is 4.24. The summed E-state index contributed by atoms with van der Waals surface area (Å²) >= 11 is 0. The zero-order valence-electron chi connectivity index (χ0n) is 12.3. The Labute approximate surface area is 117 Å². The largest absolute Gasteiger partial charge is 0.489 e. The highest BCUT2D eigenvalue weighted by atomic mass is 16.5. The normalized spacial score (nSPS) is 24.8. The number of hydrogen-bond acceptors (Lipinski definition) is 2. The van der Waals surface area contributed by atoms with E-state index in [4.69, 9.17) is 10.5 Å². The minimum atomic E-state index is 0.183. The Kier molecular flexibility index (Phi) is 5.26. The van der Waals surface area contributed by atoms with Crippen LogP contribution < -0.4 is 10.5 Å². The monoisotopic (exact) mass is 261 g/mol. The average molecular weight is 261 g/mol. The lowest BCUT2D eigenvalue weighted by Gasteiger charge is -2.27. The van der Waals surface area contributed by atoms with Gasteiger partial charge in [0.25, 0.3) is 0 Å². The van der Waals surface area contributed by atoms with Crippen molar-refractivity contribution in [3.8, 4) is 5.75 Å². The number of rotatable bonds is 3. The van der Waals surface area contributed by atoms with Gasteiger partial charge in [-0.25, -0.2) is 0 Å². The molecule has 1 saturated carbocycles. The molecule has 0 spiro atoms. The van der Waals surface area contributed by atoms with Gasteiger partial charge in [-0.2, -0.15) is 0 Å². The van der Waals surface area contributed by atoms with Crippen LogP contribution in [0.3, 0.4) is 0 Å².